The molecule has 1 rings (SSSR count). The number of hydrogen-bond acceptors (Lipinski definition) is 4. The highest BCUT2D eigenvalue weighted by Gasteiger charge is 2.16. The molecule has 0 aliphatic carbocycles. The molecule has 1 saturated heterocycles. The lowest BCUT2D eigenvalue weighted by molar-refractivity contribution is -0.135. The molecule has 0 unspecified atom stereocenters. The van der Waals surface area contributed by atoms with E-state index in [1.165, 1.54) is 6.08 Å². The molecule has 1 heterocycles. The van der Waals surface area contributed by atoms with Gasteiger partial charge >= 0.3 is 0 Å². The molecule has 0 atom stereocenters. The number of carbonyl (C=O) groups excluding carboxylic acids is 1. The first-order valence-electron chi connectivity index (χ1n) is 5.62. The van der Waals surface area contributed by atoms with Crippen molar-refractivity contribution in [2.75, 3.05) is 26.3 Å². The number of morpholine rings is 1. The van der Waals surface area contributed by atoms with Crippen molar-refractivity contribution in [2.24, 2.45) is 0 Å². The lowest BCUT2D eigenvalue weighted by Gasteiger charge is -2.26. The Balaban J connectivity index is 2.26. The van der Waals surface area contributed by atoms with Crippen LogP contribution in [0.2, 0.25) is 0 Å². The molecule has 5 heteroatoms. The number of nitrogens with zero attached hydrogens (tertiary/aromatic N) is 3. The van der Waals surface area contributed by atoms with Crippen LogP contribution in [-0.4, -0.2) is 37.1 Å². The number of hydrogen-bond donors (Lipinski definition) is 0. The van der Waals surface area contributed by atoms with Gasteiger partial charge in [0.1, 0.15) is 0 Å². The van der Waals surface area contributed by atoms with Crippen molar-refractivity contribution in [3.05, 3.63) is 11.6 Å². The molecule has 1 aliphatic rings. The predicted octanol–water partition coefficient (Wildman–Crippen LogP) is 0.989. The molecule has 0 spiro atoms. The Kier molecular flexibility index (Phi) is 5.77. The average molecular weight is 233 g/mol. The highest BCUT2D eigenvalue weighted by molar-refractivity contribution is 5.76. The highest BCUT2D eigenvalue weighted by Crippen LogP contribution is 2.09. The molecule has 0 saturated carbocycles. The molecule has 0 bridgehead atoms. The van der Waals surface area contributed by atoms with Crippen LogP contribution in [0.15, 0.2) is 11.6 Å². The van der Waals surface area contributed by atoms with E-state index in [4.69, 9.17) is 15.3 Å². The molecule has 17 heavy (non-hydrogen) atoms. The molecule has 0 aromatic heterocycles. The maximum absolute atomic E-state index is 11.7. The normalized spacial score (nSPS) is 16.1. The van der Waals surface area contributed by atoms with Gasteiger partial charge in [0.25, 0.3) is 0 Å². The molecule has 90 valence electrons. The number of allylic oxidation sites excluding steroid dienone is 2. The van der Waals surface area contributed by atoms with E-state index in [0.29, 0.717) is 51.1 Å². The number of ether oxygens (including phenoxy) is 1. The first-order chi connectivity index (χ1) is 8.27. The second-order valence-electron chi connectivity index (χ2n) is 3.76. The lowest BCUT2D eigenvalue weighted by atomic mass is 10.1. The minimum atomic E-state index is 0.0996. The van der Waals surface area contributed by atoms with E-state index in [0.717, 1.165) is 0 Å². The quantitative estimate of drug-likeness (QED) is 0.678. The topological polar surface area (TPSA) is 77.1 Å². The Bertz CT molecular complexity index is 370. The summed E-state index contributed by atoms with van der Waals surface area (Å²) in [7, 11) is 0. The van der Waals surface area contributed by atoms with Gasteiger partial charge in [-0.15, -0.1) is 0 Å². The standard InChI is InChI=1S/C12H15N3O2/c13-5-4-11(10-14)2-1-3-12(16)15-6-8-17-9-7-15/h4H,1-3,6-9H2. The van der Waals surface area contributed by atoms with Crippen LogP contribution in [0.1, 0.15) is 19.3 Å². The summed E-state index contributed by atoms with van der Waals surface area (Å²) in [6.45, 7) is 2.50. The second-order valence-corrected chi connectivity index (χ2v) is 3.76. The summed E-state index contributed by atoms with van der Waals surface area (Å²) < 4.78 is 5.16. The number of rotatable bonds is 4. The molecule has 0 radical (unpaired) electrons. The van der Waals surface area contributed by atoms with E-state index in [1.807, 2.05) is 12.1 Å². The Morgan fingerprint density at radius 1 is 1.29 bits per heavy atom. The minimum Gasteiger partial charge on any atom is -0.378 e. The lowest BCUT2D eigenvalue weighted by Crippen LogP contribution is -2.40. The summed E-state index contributed by atoms with van der Waals surface area (Å²) in [6, 6.07) is 3.77. The van der Waals surface area contributed by atoms with Crippen LogP contribution in [0.3, 0.4) is 0 Å². The van der Waals surface area contributed by atoms with Crippen LogP contribution in [0.5, 0.6) is 0 Å². The zero-order valence-electron chi connectivity index (χ0n) is 9.69. The first-order valence-corrected chi connectivity index (χ1v) is 5.62. The molecule has 1 aliphatic heterocycles. The average Bonchev–Trinajstić information content (AvgIpc) is 2.38. The monoisotopic (exact) mass is 233 g/mol. The summed E-state index contributed by atoms with van der Waals surface area (Å²) in [5.41, 5.74) is 0.433. The maximum Gasteiger partial charge on any atom is 0.222 e. The molecular weight excluding hydrogens is 218 g/mol. The van der Waals surface area contributed by atoms with Crippen molar-refractivity contribution in [1.82, 2.24) is 4.90 Å². The van der Waals surface area contributed by atoms with Crippen molar-refractivity contribution >= 4 is 5.91 Å². The van der Waals surface area contributed by atoms with Crippen molar-refractivity contribution in [1.29, 1.82) is 10.5 Å². The summed E-state index contributed by atoms with van der Waals surface area (Å²) in [5, 5.41) is 17.1. The largest absolute Gasteiger partial charge is 0.378 e. The zero-order valence-corrected chi connectivity index (χ0v) is 9.69. The smallest absolute Gasteiger partial charge is 0.222 e. The Labute approximate surface area is 101 Å². The fourth-order valence-corrected chi connectivity index (χ4v) is 1.64. The summed E-state index contributed by atoms with van der Waals surface area (Å²) >= 11 is 0. The second kappa shape index (κ2) is 7.43. The molecular formula is C12H15N3O2. The third-order valence-electron chi connectivity index (χ3n) is 2.58. The molecule has 1 amide bonds. The molecule has 0 N–H and O–H groups in total. The Morgan fingerprint density at radius 3 is 2.59 bits per heavy atom. The third-order valence-corrected chi connectivity index (χ3v) is 2.58. The molecule has 5 nitrogen and oxygen atoms in total. The van der Waals surface area contributed by atoms with E-state index in [1.54, 1.807) is 4.90 Å². The molecule has 0 aromatic rings. The van der Waals surface area contributed by atoms with Gasteiger partial charge in [-0.05, 0) is 12.8 Å². The van der Waals surface area contributed by atoms with Crippen molar-refractivity contribution in [3.8, 4) is 12.1 Å². The van der Waals surface area contributed by atoms with Crippen LogP contribution in [0, 0.1) is 22.7 Å². The van der Waals surface area contributed by atoms with Gasteiger partial charge in [0.05, 0.1) is 25.4 Å². The Hall–Kier alpha value is -1.85. The van der Waals surface area contributed by atoms with E-state index >= 15 is 0 Å². The minimum absolute atomic E-state index is 0.0996. The molecule has 1 fully saturated rings. The van der Waals surface area contributed by atoms with Gasteiger partial charge < -0.3 is 9.64 Å². The first kappa shape index (κ1) is 13.2. The SMILES string of the molecule is N#CC=C(C#N)CCCC(=O)N1CCOCC1. The van der Waals surface area contributed by atoms with Crippen LogP contribution in [0.4, 0.5) is 0 Å². The van der Waals surface area contributed by atoms with Crippen LogP contribution in [-0.2, 0) is 9.53 Å². The number of nitriles is 2. The van der Waals surface area contributed by atoms with Crippen LogP contribution < -0.4 is 0 Å². The third kappa shape index (κ3) is 4.67. The van der Waals surface area contributed by atoms with Gasteiger partial charge in [0, 0.05) is 31.2 Å². The Morgan fingerprint density at radius 2 is 2.00 bits per heavy atom. The fourth-order valence-electron chi connectivity index (χ4n) is 1.64. The van der Waals surface area contributed by atoms with E-state index in [2.05, 4.69) is 0 Å². The number of carbonyl (C=O) groups is 1. The van der Waals surface area contributed by atoms with Gasteiger partial charge in [-0.3, -0.25) is 4.79 Å². The van der Waals surface area contributed by atoms with Crippen molar-refractivity contribution < 1.29 is 9.53 Å². The van der Waals surface area contributed by atoms with Gasteiger partial charge in [-0.25, -0.2) is 0 Å². The van der Waals surface area contributed by atoms with E-state index < -0.39 is 0 Å². The van der Waals surface area contributed by atoms with Gasteiger partial charge in [-0.1, -0.05) is 0 Å². The van der Waals surface area contributed by atoms with Crippen molar-refractivity contribution in [2.45, 2.75) is 19.3 Å². The summed E-state index contributed by atoms with van der Waals surface area (Å²) in [4.78, 5) is 13.5. The summed E-state index contributed by atoms with van der Waals surface area (Å²) in [6.07, 6.45) is 2.75. The summed E-state index contributed by atoms with van der Waals surface area (Å²) in [5.74, 6) is 0.0996. The van der Waals surface area contributed by atoms with Gasteiger partial charge in [-0.2, -0.15) is 10.5 Å². The van der Waals surface area contributed by atoms with Crippen LogP contribution >= 0.6 is 0 Å². The predicted molar refractivity (Wildman–Crippen MR) is 60.6 cm³/mol. The zero-order chi connectivity index (χ0) is 12.5. The van der Waals surface area contributed by atoms with Gasteiger partial charge in [0.15, 0.2) is 0 Å². The maximum atomic E-state index is 11.7. The number of amides is 1. The van der Waals surface area contributed by atoms with Crippen molar-refractivity contribution in [3.63, 3.8) is 0 Å². The van der Waals surface area contributed by atoms with E-state index in [9.17, 15) is 4.79 Å². The molecule has 0 aromatic carbocycles. The highest BCUT2D eigenvalue weighted by atomic mass is 16.5. The van der Waals surface area contributed by atoms with Gasteiger partial charge in [0.2, 0.25) is 5.91 Å². The van der Waals surface area contributed by atoms with Crippen LogP contribution in [0.25, 0.3) is 0 Å². The fraction of sp³-hybridized carbons (Fsp3) is 0.583. The van der Waals surface area contributed by atoms with E-state index in [-0.39, 0.29) is 5.91 Å².